The fourth-order valence-electron chi connectivity index (χ4n) is 3.58. The zero-order valence-corrected chi connectivity index (χ0v) is 15.5. The molecule has 3 rings (SSSR count). The topological polar surface area (TPSA) is 80.5 Å². The normalized spacial score (nSPS) is 17.4. The molecule has 2 aromatic rings. The highest BCUT2D eigenvalue weighted by Gasteiger charge is 2.28. The second-order valence-corrected chi connectivity index (χ2v) is 8.68. The fraction of sp³-hybridized carbons (Fsp3) is 0.368. The van der Waals surface area contributed by atoms with Crippen LogP contribution in [0.1, 0.15) is 24.8 Å². The summed E-state index contributed by atoms with van der Waals surface area (Å²) in [6.07, 6.45) is 5.00. The van der Waals surface area contributed by atoms with Crippen molar-refractivity contribution in [3.8, 4) is 0 Å². The molecular weight excluding hydrogens is 352 g/mol. The molecule has 1 saturated heterocycles. The number of nitro benzene ring substituents is 1. The number of sulfone groups is 1. The molecule has 6 nitrogen and oxygen atoms in total. The molecule has 0 radical (unpaired) electrons. The van der Waals surface area contributed by atoms with E-state index in [1.54, 1.807) is 6.07 Å². The van der Waals surface area contributed by atoms with Crippen molar-refractivity contribution < 1.29 is 13.3 Å². The second-order valence-electron chi connectivity index (χ2n) is 6.70. The zero-order valence-electron chi connectivity index (χ0n) is 14.7. The van der Waals surface area contributed by atoms with Gasteiger partial charge in [0.1, 0.15) is 4.90 Å². The predicted octanol–water partition coefficient (Wildman–Crippen LogP) is 3.60. The van der Waals surface area contributed by atoms with Crippen LogP contribution in [0.4, 0.5) is 11.4 Å². The van der Waals surface area contributed by atoms with Gasteiger partial charge in [-0.15, -0.1) is 0 Å². The number of aryl methyl sites for hydroxylation is 1. The molecule has 1 aliphatic rings. The molecule has 1 heterocycles. The lowest BCUT2D eigenvalue weighted by Crippen LogP contribution is -2.29. The van der Waals surface area contributed by atoms with Crippen molar-refractivity contribution in [1.82, 2.24) is 0 Å². The lowest BCUT2D eigenvalue weighted by molar-refractivity contribution is -0.387. The Hall–Kier alpha value is -2.41. The molecule has 0 aromatic heterocycles. The number of rotatable bonds is 6. The van der Waals surface area contributed by atoms with Crippen molar-refractivity contribution in [3.05, 3.63) is 64.2 Å². The van der Waals surface area contributed by atoms with Crippen molar-refractivity contribution in [2.45, 2.75) is 36.6 Å². The average molecular weight is 374 g/mol. The molecule has 0 saturated carbocycles. The van der Waals surface area contributed by atoms with Gasteiger partial charge in [0.25, 0.3) is 5.69 Å². The molecule has 0 aliphatic carbocycles. The first-order valence-corrected chi connectivity index (χ1v) is 10.5. The maximum absolute atomic E-state index is 12.0. The first kappa shape index (κ1) is 18.4. The van der Waals surface area contributed by atoms with Crippen LogP contribution in [0, 0.1) is 10.1 Å². The molecule has 0 spiro atoms. The van der Waals surface area contributed by atoms with E-state index in [4.69, 9.17) is 0 Å². The van der Waals surface area contributed by atoms with Gasteiger partial charge in [-0.3, -0.25) is 10.1 Å². The Morgan fingerprint density at radius 3 is 2.58 bits per heavy atom. The minimum Gasteiger partial charge on any atom is -0.368 e. The van der Waals surface area contributed by atoms with Crippen molar-refractivity contribution in [1.29, 1.82) is 0 Å². The molecular formula is C19H22N2O4S. The van der Waals surface area contributed by atoms with Crippen LogP contribution in [-0.4, -0.2) is 32.2 Å². The summed E-state index contributed by atoms with van der Waals surface area (Å²) in [5.74, 6) is 0. The number of nitrogens with zero attached hydrogens (tertiary/aromatic N) is 2. The van der Waals surface area contributed by atoms with E-state index in [0.717, 1.165) is 44.2 Å². The van der Waals surface area contributed by atoms with E-state index in [2.05, 4.69) is 17.0 Å². The summed E-state index contributed by atoms with van der Waals surface area (Å²) >= 11 is 0. The smallest absolute Gasteiger partial charge is 0.288 e. The van der Waals surface area contributed by atoms with Crippen LogP contribution in [0.15, 0.2) is 53.4 Å². The third kappa shape index (κ3) is 4.04. The molecule has 138 valence electrons. The van der Waals surface area contributed by atoms with Crippen LogP contribution in [0.25, 0.3) is 0 Å². The van der Waals surface area contributed by atoms with E-state index < -0.39 is 14.8 Å². The Kier molecular flexibility index (Phi) is 5.27. The molecule has 1 aliphatic heterocycles. The second kappa shape index (κ2) is 7.45. The minimum atomic E-state index is -3.67. The molecule has 0 bridgehead atoms. The third-order valence-electron chi connectivity index (χ3n) is 4.86. The first-order chi connectivity index (χ1) is 12.4. The molecule has 0 N–H and O–H groups in total. The summed E-state index contributed by atoms with van der Waals surface area (Å²) in [5.41, 5.74) is 1.66. The van der Waals surface area contributed by atoms with Gasteiger partial charge in [-0.05, 0) is 43.4 Å². The predicted molar refractivity (Wildman–Crippen MR) is 101 cm³/mol. The van der Waals surface area contributed by atoms with E-state index >= 15 is 0 Å². The molecule has 2 aromatic carbocycles. The van der Waals surface area contributed by atoms with Crippen molar-refractivity contribution in [3.63, 3.8) is 0 Å². The molecule has 26 heavy (non-hydrogen) atoms. The Labute approximate surface area is 153 Å². The highest BCUT2D eigenvalue weighted by Crippen LogP contribution is 2.33. The maximum Gasteiger partial charge on any atom is 0.288 e. The average Bonchev–Trinajstić information content (AvgIpc) is 3.08. The number of anilines is 1. The third-order valence-corrected chi connectivity index (χ3v) is 5.98. The van der Waals surface area contributed by atoms with Gasteiger partial charge >= 0.3 is 0 Å². The van der Waals surface area contributed by atoms with Crippen LogP contribution in [0.2, 0.25) is 0 Å². The fourth-order valence-corrected chi connectivity index (χ4v) is 4.44. The molecule has 1 fully saturated rings. The number of hydrogen-bond donors (Lipinski definition) is 0. The largest absolute Gasteiger partial charge is 0.368 e. The van der Waals surface area contributed by atoms with Gasteiger partial charge in [-0.2, -0.15) is 0 Å². The monoisotopic (exact) mass is 374 g/mol. The van der Waals surface area contributed by atoms with Crippen LogP contribution in [0.5, 0.6) is 0 Å². The summed E-state index contributed by atoms with van der Waals surface area (Å²) < 4.78 is 24.0. The van der Waals surface area contributed by atoms with Gasteiger partial charge in [0.05, 0.1) is 4.92 Å². The van der Waals surface area contributed by atoms with E-state index in [9.17, 15) is 18.5 Å². The van der Waals surface area contributed by atoms with Crippen LogP contribution in [-0.2, 0) is 16.3 Å². The van der Waals surface area contributed by atoms with Gasteiger partial charge in [0.15, 0.2) is 9.84 Å². The Balaban J connectivity index is 1.84. The van der Waals surface area contributed by atoms with Crippen molar-refractivity contribution >= 4 is 21.2 Å². The highest BCUT2D eigenvalue weighted by atomic mass is 32.2. The number of nitro groups is 1. The Morgan fingerprint density at radius 2 is 1.92 bits per heavy atom. The Morgan fingerprint density at radius 1 is 1.19 bits per heavy atom. The van der Waals surface area contributed by atoms with Crippen LogP contribution < -0.4 is 4.90 Å². The molecule has 7 heteroatoms. The quantitative estimate of drug-likeness (QED) is 0.570. The standard InChI is InChI=1S/C19H22N2O4S/c1-26(24,25)19-14-17(11-12-18(19)21(22)23)20-13-5-8-16(20)10-9-15-6-3-2-4-7-15/h2-4,6-7,11-12,14,16H,5,8-10,13H2,1H3. The van der Waals surface area contributed by atoms with Gasteiger partial charge in [0.2, 0.25) is 0 Å². The summed E-state index contributed by atoms with van der Waals surface area (Å²) in [6, 6.07) is 15.0. The summed E-state index contributed by atoms with van der Waals surface area (Å²) in [5, 5.41) is 11.2. The highest BCUT2D eigenvalue weighted by molar-refractivity contribution is 7.90. The lowest BCUT2D eigenvalue weighted by Gasteiger charge is -2.27. The van der Waals surface area contributed by atoms with E-state index in [1.807, 2.05) is 18.2 Å². The molecule has 1 atom stereocenters. The molecule has 1 unspecified atom stereocenters. The van der Waals surface area contributed by atoms with Gasteiger partial charge in [0, 0.05) is 30.6 Å². The maximum atomic E-state index is 12.0. The van der Waals surface area contributed by atoms with E-state index in [0.29, 0.717) is 6.04 Å². The number of benzene rings is 2. The summed E-state index contributed by atoms with van der Waals surface area (Å²) in [6.45, 7) is 0.834. The number of hydrogen-bond acceptors (Lipinski definition) is 5. The SMILES string of the molecule is CS(=O)(=O)c1cc(N2CCCC2CCc2ccccc2)ccc1[N+](=O)[O-]. The lowest BCUT2D eigenvalue weighted by atomic mass is 10.0. The van der Waals surface area contributed by atoms with Crippen LogP contribution >= 0.6 is 0 Å². The van der Waals surface area contributed by atoms with Crippen molar-refractivity contribution in [2.75, 3.05) is 17.7 Å². The van der Waals surface area contributed by atoms with Gasteiger partial charge < -0.3 is 4.90 Å². The van der Waals surface area contributed by atoms with Gasteiger partial charge in [-0.25, -0.2) is 8.42 Å². The minimum absolute atomic E-state index is 0.214. The molecule has 0 amide bonds. The first-order valence-electron chi connectivity index (χ1n) is 8.65. The van der Waals surface area contributed by atoms with E-state index in [-0.39, 0.29) is 10.6 Å². The van der Waals surface area contributed by atoms with E-state index in [1.165, 1.54) is 17.7 Å². The van der Waals surface area contributed by atoms with Crippen molar-refractivity contribution in [2.24, 2.45) is 0 Å². The van der Waals surface area contributed by atoms with Crippen LogP contribution in [0.3, 0.4) is 0 Å². The van der Waals surface area contributed by atoms with Gasteiger partial charge in [-0.1, -0.05) is 30.3 Å². The zero-order chi connectivity index (χ0) is 18.7. The Bertz CT molecular complexity index is 897. The summed E-state index contributed by atoms with van der Waals surface area (Å²) in [7, 11) is -3.67. The summed E-state index contributed by atoms with van der Waals surface area (Å²) in [4.78, 5) is 12.5.